The zero-order valence-electron chi connectivity index (χ0n) is 18.2. The van der Waals surface area contributed by atoms with Crippen molar-refractivity contribution in [1.82, 2.24) is 15.3 Å². The van der Waals surface area contributed by atoms with Crippen LogP contribution in [0.15, 0.2) is 54.9 Å². The molecule has 34 heavy (non-hydrogen) atoms. The molecule has 8 nitrogen and oxygen atoms in total. The van der Waals surface area contributed by atoms with Gasteiger partial charge in [-0.25, -0.2) is 9.78 Å². The molecule has 0 radical (unpaired) electrons. The van der Waals surface area contributed by atoms with Gasteiger partial charge < -0.3 is 20.7 Å². The van der Waals surface area contributed by atoms with Crippen LogP contribution in [0.2, 0.25) is 10.0 Å². The summed E-state index contributed by atoms with van der Waals surface area (Å²) in [5.41, 5.74) is 1.58. The Bertz CT molecular complexity index is 1110. The Hall–Kier alpha value is -3.36. The summed E-state index contributed by atoms with van der Waals surface area (Å²) in [5, 5.41) is 15.4. The van der Waals surface area contributed by atoms with E-state index in [9.17, 15) is 19.5 Å². The van der Waals surface area contributed by atoms with Crippen LogP contribution in [0.25, 0.3) is 0 Å². The second-order valence-corrected chi connectivity index (χ2v) is 8.48. The highest BCUT2D eigenvalue weighted by Crippen LogP contribution is 2.24. The summed E-state index contributed by atoms with van der Waals surface area (Å²) in [7, 11) is 0. The molecule has 0 aliphatic rings. The second kappa shape index (κ2) is 12.2. The van der Waals surface area contributed by atoms with Crippen molar-refractivity contribution in [3.63, 3.8) is 0 Å². The normalized spacial score (nSPS) is 11.6. The summed E-state index contributed by atoms with van der Waals surface area (Å²) in [6.45, 7) is 0.639. The number of benzene rings is 2. The van der Waals surface area contributed by atoms with Crippen LogP contribution in [0.3, 0.4) is 0 Å². The fourth-order valence-corrected chi connectivity index (χ4v) is 3.91. The zero-order valence-corrected chi connectivity index (χ0v) is 19.7. The molecular formula is C24H24Cl2N4O4. The molecule has 0 saturated carbocycles. The minimum atomic E-state index is -1.18. The van der Waals surface area contributed by atoms with E-state index in [2.05, 4.69) is 20.6 Å². The van der Waals surface area contributed by atoms with Crippen LogP contribution >= 0.6 is 23.2 Å². The number of rotatable bonds is 12. The Morgan fingerprint density at radius 2 is 1.71 bits per heavy atom. The van der Waals surface area contributed by atoms with E-state index in [1.165, 1.54) is 12.1 Å². The van der Waals surface area contributed by atoms with Gasteiger partial charge in [0.05, 0.1) is 15.6 Å². The van der Waals surface area contributed by atoms with Gasteiger partial charge >= 0.3 is 5.97 Å². The van der Waals surface area contributed by atoms with Crippen molar-refractivity contribution in [3.05, 3.63) is 81.6 Å². The molecule has 0 aliphatic carbocycles. The maximum absolute atomic E-state index is 12.6. The van der Waals surface area contributed by atoms with Crippen molar-refractivity contribution in [3.8, 4) is 0 Å². The van der Waals surface area contributed by atoms with Gasteiger partial charge in [0.1, 0.15) is 11.8 Å². The Morgan fingerprint density at radius 1 is 1.03 bits per heavy atom. The van der Waals surface area contributed by atoms with Crippen LogP contribution in [0.5, 0.6) is 0 Å². The molecule has 4 N–H and O–H groups in total. The minimum absolute atomic E-state index is 0.0327. The first-order valence-electron chi connectivity index (χ1n) is 10.6. The van der Waals surface area contributed by atoms with Gasteiger partial charge in [0, 0.05) is 38.2 Å². The number of anilines is 1. The molecule has 178 valence electrons. The lowest BCUT2D eigenvalue weighted by Gasteiger charge is -2.16. The molecule has 1 heterocycles. The third-order valence-electron chi connectivity index (χ3n) is 5.08. The lowest BCUT2D eigenvalue weighted by Crippen LogP contribution is -2.42. The number of hydrogen-bond acceptors (Lipinski definition) is 5. The summed E-state index contributed by atoms with van der Waals surface area (Å²) < 4.78 is 0. The number of carbonyl (C=O) groups is 3. The monoisotopic (exact) mass is 502 g/mol. The fourth-order valence-electron chi connectivity index (χ4n) is 3.34. The molecule has 3 aromatic rings. The fraction of sp³-hybridized carbons (Fsp3) is 0.250. The van der Waals surface area contributed by atoms with Crippen LogP contribution in [0.1, 0.15) is 34.3 Å². The van der Waals surface area contributed by atoms with Gasteiger partial charge in [0.2, 0.25) is 0 Å². The number of aromatic amines is 1. The third kappa shape index (κ3) is 7.33. The van der Waals surface area contributed by atoms with Crippen molar-refractivity contribution in [1.29, 1.82) is 0 Å². The van der Waals surface area contributed by atoms with E-state index in [1.807, 2.05) is 0 Å². The molecule has 3 rings (SSSR count). The standard InChI is InChI=1S/C24H24Cl2N4O4/c25-18-4-1-5-19(26)21(18)22(32)30-20(23(33)34)14-16-8-6-15(7-9-16)13-17(31)3-2-10-27-24-28-11-12-29-24/h1,4-9,11-12,20H,2-3,10,13-14H2,(H,30,32)(H,33,34)(H2,27,28,29)/t20-/m0/s1. The van der Waals surface area contributed by atoms with Crippen LogP contribution in [-0.4, -0.2) is 45.3 Å². The van der Waals surface area contributed by atoms with Gasteiger partial charge in [-0.1, -0.05) is 53.5 Å². The predicted molar refractivity (Wildman–Crippen MR) is 131 cm³/mol. The number of carboxylic acid groups (broad SMARTS) is 1. The molecule has 1 amide bonds. The second-order valence-electron chi connectivity index (χ2n) is 7.67. The number of H-pyrrole nitrogens is 1. The Balaban J connectivity index is 1.50. The molecule has 1 atom stereocenters. The van der Waals surface area contributed by atoms with Gasteiger partial charge in [-0.15, -0.1) is 0 Å². The largest absolute Gasteiger partial charge is 0.480 e. The Morgan fingerprint density at radius 3 is 2.32 bits per heavy atom. The molecule has 0 aliphatic heterocycles. The van der Waals surface area contributed by atoms with E-state index in [1.54, 1.807) is 42.7 Å². The Kier molecular flexibility index (Phi) is 9.07. The van der Waals surface area contributed by atoms with Crippen molar-refractivity contribution in [2.45, 2.75) is 31.7 Å². The average molecular weight is 503 g/mol. The number of aromatic nitrogens is 2. The summed E-state index contributed by atoms with van der Waals surface area (Å²) in [6.07, 6.45) is 4.86. The lowest BCUT2D eigenvalue weighted by molar-refractivity contribution is -0.139. The molecule has 0 saturated heterocycles. The number of aliphatic carboxylic acids is 1. The predicted octanol–water partition coefficient (Wildman–Crippen LogP) is 4.15. The maximum Gasteiger partial charge on any atom is 0.326 e. The van der Waals surface area contributed by atoms with E-state index in [4.69, 9.17) is 23.2 Å². The zero-order chi connectivity index (χ0) is 24.5. The number of imidazole rings is 1. The van der Waals surface area contributed by atoms with Crippen LogP contribution in [0, 0.1) is 0 Å². The molecular weight excluding hydrogens is 479 g/mol. The summed E-state index contributed by atoms with van der Waals surface area (Å²) >= 11 is 12.1. The van der Waals surface area contributed by atoms with Gasteiger partial charge in [-0.05, 0) is 29.7 Å². The number of Topliss-reactive ketones (excluding diaryl/α,β-unsaturated/α-hetero) is 1. The number of nitrogens with zero attached hydrogens (tertiary/aromatic N) is 1. The number of halogens is 2. The molecule has 2 aromatic carbocycles. The highest BCUT2D eigenvalue weighted by Gasteiger charge is 2.23. The highest BCUT2D eigenvalue weighted by atomic mass is 35.5. The molecule has 0 spiro atoms. The first kappa shape index (κ1) is 25.3. The summed E-state index contributed by atoms with van der Waals surface area (Å²) in [4.78, 5) is 43.5. The third-order valence-corrected chi connectivity index (χ3v) is 5.71. The molecule has 0 unspecified atom stereocenters. The van der Waals surface area contributed by atoms with Crippen molar-refractivity contribution >= 4 is 46.8 Å². The molecule has 0 bridgehead atoms. The van der Waals surface area contributed by atoms with E-state index in [0.717, 1.165) is 5.56 Å². The van der Waals surface area contributed by atoms with Gasteiger partial charge in [-0.3, -0.25) is 9.59 Å². The quantitative estimate of drug-likeness (QED) is 0.276. The van der Waals surface area contributed by atoms with Crippen LogP contribution < -0.4 is 10.6 Å². The first-order valence-corrected chi connectivity index (χ1v) is 11.4. The van der Waals surface area contributed by atoms with Crippen molar-refractivity contribution in [2.24, 2.45) is 0 Å². The number of carboxylic acids is 1. The van der Waals surface area contributed by atoms with Crippen molar-refractivity contribution in [2.75, 3.05) is 11.9 Å². The van der Waals surface area contributed by atoms with E-state index in [-0.39, 0.29) is 27.8 Å². The average Bonchev–Trinajstić information content (AvgIpc) is 3.31. The van der Waals surface area contributed by atoms with Gasteiger partial charge in [-0.2, -0.15) is 0 Å². The number of nitrogens with one attached hydrogen (secondary N) is 3. The number of ketones is 1. The first-order chi connectivity index (χ1) is 16.3. The number of carbonyl (C=O) groups excluding carboxylic acids is 2. The SMILES string of the molecule is O=C(CCCNc1ncc[nH]1)Cc1ccc(C[C@H](NC(=O)c2c(Cl)cccc2Cl)C(=O)O)cc1. The summed E-state index contributed by atoms with van der Waals surface area (Å²) in [5.74, 6) is -1.05. The molecule has 10 heteroatoms. The van der Waals surface area contributed by atoms with E-state index in [0.29, 0.717) is 37.3 Å². The number of amides is 1. The van der Waals surface area contributed by atoms with Crippen LogP contribution in [0.4, 0.5) is 5.95 Å². The minimum Gasteiger partial charge on any atom is -0.480 e. The van der Waals surface area contributed by atoms with Crippen molar-refractivity contribution < 1.29 is 19.5 Å². The smallest absolute Gasteiger partial charge is 0.326 e. The van der Waals surface area contributed by atoms with E-state index < -0.39 is 17.9 Å². The van der Waals surface area contributed by atoms with Gasteiger partial charge in [0.15, 0.2) is 5.95 Å². The topological polar surface area (TPSA) is 124 Å². The maximum atomic E-state index is 12.6. The molecule has 1 aromatic heterocycles. The lowest BCUT2D eigenvalue weighted by atomic mass is 10.0. The number of hydrogen-bond donors (Lipinski definition) is 4. The Labute approximate surface area is 206 Å². The molecule has 0 fully saturated rings. The van der Waals surface area contributed by atoms with E-state index >= 15 is 0 Å². The van der Waals surface area contributed by atoms with Crippen LogP contribution in [-0.2, 0) is 22.4 Å². The highest BCUT2D eigenvalue weighted by molar-refractivity contribution is 6.39. The summed E-state index contributed by atoms with van der Waals surface area (Å²) in [6, 6.07) is 10.5. The van der Waals surface area contributed by atoms with Gasteiger partial charge in [0.25, 0.3) is 5.91 Å².